The van der Waals surface area contributed by atoms with Gasteiger partial charge in [0.05, 0.1) is 0 Å². The molecule has 0 unspecified atom stereocenters. The van der Waals surface area contributed by atoms with Crippen LogP contribution in [0.3, 0.4) is 0 Å². The molecule has 0 radical (unpaired) electrons. The van der Waals surface area contributed by atoms with Crippen molar-refractivity contribution in [3.8, 4) is 0 Å². The van der Waals surface area contributed by atoms with Gasteiger partial charge in [0.2, 0.25) is 0 Å². The monoisotopic (exact) mass is 474 g/mol. The summed E-state index contributed by atoms with van der Waals surface area (Å²) in [4.78, 5) is 19.1. The van der Waals surface area contributed by atoms with E-state index in [4.69, 9.17) is 9.90 Å². The molecule has 0 rings (SSSR count). The zero-order valence-electron chi connectivity index (χ0n) is 21.4. The van der Waals surface area contributed by atoms with Gasteiger partial charge in [-0.15, -0.1) is 0 Å². The van der Waals surface area contributed by atoms with Gasteiger partial charge in [0.15, 0.2) is 0 Å². The van der Waals surface area contributed by atoms with Gasteiger partial charge in [-0.25, -0.2) is 0 Å². The molecule has 0 amide bonds. The molecule has 0 heterocycles. The summed E-state index contributed by atoms with van der Waals surface area (Å²) in [6.45, 7) is 3.24. The average Bonchev–Trinajstić information content (AvgIpc) is 2.50. The van der Waals surface area contributed by atoms with Crippen molar-refractivity contribution in [3.05, 3.63) is 0 Å². The Morgan fingerprint density at radius 3 is 0.933 bits per heavy atom. The number of carboxylic acids is 2. The summed E-state index contributed by atoms with van der Waals surface area (Å²) < 4.78 is 0. The molecular weight excluding hydrogens is 435 g/mol. The van der Waals surface area contributed by atoms with Gasteiger partial charge in [-0.1, -0.05) is 96.8 Å². The van der Waals surface area contributed by atoms with Gasteiger partial charge in [0.1, 0.15) is 0 Å². The van der Waals surface area contributed by atoms with Crippen molar-refractivity contribution in [2.24, 2.45) is 0 Å². The summed E-state index contributed by atoms with van der Waals surface area (Å²) in [5.74, 6) is -1.99. The molecule has 152 valence electrons. The molecule has 0 bridgehead atoms. The Morgan fingerprint density at radius 2 is 0.733 bits per heavy atom. The van der Waals surface area contributed by atoms with E-state index < -0.39 is 11.9 Å². The fourth-order valence-corrected chi connectivity index (χ4v) is 2.64. The fraction of sp³-hybridized carbons (Fsp3) is 0.900. The van der Waals surface area contributed by atoms with Gasteiger partial charge in [-0.2, -0.15) is 0 Å². The van der Waals surface area contributed by atoms with Crippen molar-refractivity contribution in [2.45, 2.75) is 117 Å². The maximum absolute atomic E-state index is 10.2. The Balaban J connectivity index is -0.0000000739. The first kappa shape index (κ1) is 54.7. The minimum absolute atomic E-state index is 0. The first-order valence-corrected chi connectivity index (χ1v) is 9.88. The molecule has 0 aliphatic heterocycles. The maximum atomic E-state index is 10.2. The van der Waals surface area contributed by atoms with Crippen molar-refractivity contribution >= 4 is 11.9 Å². The summed E-state index contributed by atoms with van der Waals surface area (Å²) >= 11 is 0. The third-order valence-electron chi connectivity index (χ3n) is 3.98. The molecule has 0 aromatic carbocycles. The molecule has 0 saturated heterocycles. The van der Waals surface area contributed by atoms with Crippen LogP contribution in [0.4, 0.5) is 0 Å². The molecular formula is C20H39Na5O5+2. The normalized spacial score (nSPS) is 8.07. The van der Waals surface area contributed by atoms with E-state index in [0.717, 1.165) is 19.8 Å². The molecule has 0 fully saturated rings. The molecule has 0 saturated carbocycles. The van der Waals surface area contributed by atoms with Gasteiger partial charge < -0.3 is 25.3 Å². The Hall–Kier alpha value is 3.90. The fourth-order valence-electron chi connectivity index (χ4n) is 2.64. The van der Waals surface area contributed by atoms with Crippen LogP contribution >= 0.6 is 0 Å². The summed E-state index contributed by atoms with van der Waals surface area (Å²) in [5, 5.41) is 19.1. The van der Waals surface area contributed by atoms with Crippen molar-refractivity contribution in [1.29, 1.82) is 0 Å². The van der Waals surface area contributed by atoms with Gasteiger partial charge in [0.25, 0.3) is 0 Å². The number of carbonyl (C=O) groups excluding carboxylic acids is 2. The first-order valence-electron chi connectivity index (χ1n) is 9.88. The maximum Gasteiger partial charge on any atom is 1.00 e. The van der Waals surface area contributed by atoms with Crippen molar-refractivity contribution in [2.75, 3.05) is 0 Å². The van der Waals surface area contributed by atoms with Gasteiger partial charge in [0, 0.05) is 11.9 Å². The Kier molecular flexibility index (Phi) is 91.0. The minimum atomic E-state index is -1.08. The van der Waals surface area contributed by atoms with Crippen LogP contribution in [0.15, 0.2) is 0 Å². The van der Waals surface area contributed by atoms with Gasteiger partial charge in [-0.05, 0) is 19.8 Å². The third kappa shape index (κ3) is 69.7. The second-order valence-electron chi connectivity index (χ2n) is 6.56. The van der Waals surface area contributed by atoms with E-state index in [1.807, 2.05) is 0 Å². The van der Waals surface area contributed by atoms with Crippen LogP contribution in [0, 0.1) is 0 Å². The first-order chi connectivity index (χ1) is 11.5. The van der Waals surface area contributed by atoms with Crippen molar-refractivity contribution in [1.82, 2.24) is 0 Å². The van der Waals surface area contributed by atoms with E-state index in [0.29, 0.717) is 0 Å². The zero-order valence-corrected chi connectivity index (χ0v) is 31.4. The smallest absolute Gasteiger partial charge is 0.870 e. The summed E-state index contributed by atoms with van der Waals surface area (Å²) in [5.41, 5.74) is 0. The van der Waals surface area contributed by atoms with Crippen LogP contribution in [0.1, 0.15) is 117 Å². The van der Waals surface area contributed by atoms with Crippen LogP contribution in [0.25, 0.3) is 0 Å². The molecule has 5 nitrogen and oxygen atoms in total. The predicted octanol–water partition coefficient (Wildman–Crippen LogP) is -11.4. The molecule has 0 atom stereocenters. The Labute approximate surface area is 296 Å². The molecule has 0 spiro atoms. The Bertz CT molecular complexity index is 295. The number of aliphatic carboxylic acids is 2. The van der Waals surface area contributed by atoms with E-state index in [2.05, 4.69) is 6.92 Å². The summed E-state index contributed by atoms with van der Waals surface area (Å²) in [6, 6.07) is 0. The number of hydrogen-bond acceptors (Lipinski definition) is 5. The van der Waals surface area contributed by atoms with Crippen LogP contribution < -0.4 is 158 Å². The van der Waals surface area contributed by atoms with Crippen LogP contribution in [-0.2, 0) is 9.59 Å². The average molecular weight is 474 g/mol. The van der Waals surface area contributed by atoms with Crippen LogP contribution in [0.5, 0.6) is 0 Å². The number of carbonyl (C=O) groups is 2. The Morgan fingerprint density at radius 1 is 0.533 bits per heavy atom. The van der Waals surface area contributed by atoms with Crippen molar-refractivity contribution in [3.63, 3.8) is 0 Å². The van der Waals surface area contributed by atoms with Crippen LogP contribution in [-0.4, -0.2) is 17.4 Å². The summed E-state index contributed by atoms with van der Waals surface area (Å²) in [7, 11) is 0. The molecule has 10 heteroatoms. The van der Waals surface area contributed by atoms with E-state index in [1.54, 1.807) is 0 Å². The number of carboxylic acid groups (broad SMARTS) is 2. The second kappa shape index (κ2) is 49.9. The number of hydrogen-bond donors (Lipinski definition) is 0. The van der Waals surface area contributed by atoms with Crippen molar-refractivity contribution < 1.29 is 173 Å². The standard InChI is InChI=1S/C18H36O2.C2H4O2.5Na.H2O/c1-2-3-4-5-6-7-8-9-10-11-12-13-14-15-16-17-18(19)20;1-2(3)4;;;;;;/h2-17H2,1H3,(H,19,20);1H3,(H,3,4);;;;;;1H2/q;;5*+1;/p-3. The topological polar surface area (TPSA) is 110 Å². The second-order valence-corrected chi connectivity index (χ2v) is 6.56. The quantitative estimate of drug-likeness (QED) is 0.163. The molecule has 0 aromatic rings. The molecule has 1 N–H and O–H groups in total. The van der Waals surface area contributed by atoms with Gasteiger partial charge in [-0.3, -0.25) is 0 Å². The number of rotatable bonds is 16. The molecule has 0 aliphatic rings. The molecule has 30 heavy (non-hydrogen) atoms. The zero-order chi connectivity index (χ0) is 18.5. The van der Waals surface area contributed by atoms with E-state index in [9.17, 15) is 9.90 Å². The SMILES string of the molecule is CC(=O)[O-].CCCCCCCCCCCCCCCCCC(=O)[O-].[Na+].[Na+].[Na+].[Na+].[Na+].[OH-]. The van der Waals surface area contributed by atoms with E-state index in [1.165, 1.54) is 83.5 Å². The van der Waals surface area contributed by atoms with Crippen LogP contribution in [0.2, 0.25) is 0 Å². The minimum Gasteiger partial charge on any atom is -0.870 e. The number of unbranched alkanes of at least 4 members (excludes halogenated alkanes) is 14. The largest absolute Gasteiger partial charge is 1.00 e. The van der Waals surface area contributed by atoms with E-state index in [-0.39, 0.29) is 160 Å². The third-order valence-corrected chi connectivity index (χ3v) is 3.98. The molecule has 0 aliphatic carbocycles. The molecule has 0 aromatic heterocycles. The predicted molar refractivity (Wildman–Crippen MR) is 97.2 cm³/mol. The summed E-state index contributed by atoms with van der Waals surface area (Å²) in [6.07, 6.45) is 19.9. The van der Waals surface area contributed by atoms with E-state index >= 15 is 0 Å². The van der Waals surface area contributed by atoms with Gasteiger partial charge >= 0.3 is 148 Å².